The zero-order valence-corrected chi connectivity index (χ0v) is 11.9. The van der Waals surface area contributed by atoms with E-state index in [-0.39, 0.29) is 0 Å². The Bertz CT molecular complexity index is 529. The lowest BCUT2D eigenvalue weighted by atomic mass is 10.2. The van der Waals surface area contributed by atoms with E-state index < -0.39 is 0 Å². The number of nitrogens with one attached hydrogen (secondary N) is 1. The molecule has 1 aliphatic heterocycles. The van der Waals surface area contributed by atoms with E-state index in [1.54, 1.807) is 0 Å². The molecule has 0 bridgehead atoms. The molecule has 0 unspecified atom stereocenters. The van der Waals surface area contributed by atoms with Gasteiger partial charge >= 0.3 is 0 Å². The number of rotatable bonds is 3. The van der Waals surface area contributed by atoms with Crippen molar-refractivity contribution in [2.75, 3.05) is 13.2 Å². The van der Waals surface area contributed by atoms with Crippen LogP contribution in [0.1, 0.15) is 24.8 Å². The minimum atomic E-state index is 0.474. The van der Waals surface area contributed by atoms with Crippen molar-refractivity contribution in [1.29, 1.82) is 0 Å². The first kappa shape index (κ1) is 13.4. The van der Waals surface area contributed by atoms with Crippen LogP contribution in [0.3, 0.4) is 0 Å². The molecule has 2 aliphatic rings. The Hall–Kier alpha value is -1.62. The van der Waals surface area contributed by atoms with Crippen LogP contribution in [-0.4, -0.2) is 25.2 Å². The van der Waals surface area contributed by atoms with Gasteiger partial charge in [-0.25, -0.2) is 4.99 Å². The molecular weight excluding hydrogens is 278 g/mol. The molecule has 1 fully saturated rings. The average molecular weight is 296 g/mol. The second-order valence-corrected chi connectivity index (χ2v) is 5.48. The lowest BCUT2D eigenvalue weighted by Gasteiger charge is -2.11. The third-order valence-electron chi connectivity index (χ3n) is 3.22. The summed E-state index contributed by atoms with van der Waals surface area (Å²) in [6.45, 7) is 1.74. The highest BCUT2D eigenvalue weighted by molar-refractivity contribution is 6.32. The van der Waals surface area contributed by atoms with Crippen molar-refractivity contribution in [1.82, 2.24) is 5.32 Å². The van der Waals surface area contributed by atoms with Gasteiger partial charge in [0, 0.05) is 12.5 Å². The van der Waals surface area contributed by atoms with Crippen molar-refractivity contribution in [3.8, 4) is 11.5 Å². The van der Waals surface area contributed by atoms with E-state index in [0.29, 0.717) is 48.3 Å². The van der Waals surface area contributed by atoms with E-state index in [1.165, 1.54) is 12.8 Å². The number of nitrogens with zero attached hydrogens (tertiary/aromatic N) is 1. The van der Waals surface area contributed by atoms with Crippen LogP contribution in [0.5, 0.6) is 11.5 Å². The number of hydrogen-bond acceptors (Lipinski definition) is 3. The highest BCUT2D eigenvalue weighted by Gasteiger charge is 2.21. The molecule has 6 heteroatoms. The third-order valence-corrected chi connectivity index (χ3v) is 3.50. The van der Waals surface area contributed by atoms with Gasteiger partial charge in [-0.2, -0.15) is 0 Å². The zero-order chi connectivity index (χ0) is 13.9. The molecule has 1 aromatic rings. The van der Waals surface area contributed by atoms with E-state index >= 15 is 0 Å². The van der Waals surface area contributed by atoms with E-state index in [9.17, 15) is 0 Å². The highest BCUT2D eigenvalue weighted by atomic mass is 35.5. The quantitative estimate of drug-likeness (QED) is 0.662. The fourth-order valence-electron chi connectivity index (χ4n) is 2.03. The Labute approximate surface area is 123 Å². The van der Waals surface area contributed by atoms with Gasteiger partial charge in [-0.05, 0) is 30.5 Å². The van der Waals surface area contributed by atoms with Gasteiger partial charge in [-0.1, -0.05) is 11.6 Å². The van der Waals surface area contributed by atoms with E-state index in [0.717, 1.165) is 12.0 Å². The van der Waals surface area contributed by atoms with Gasteiger partial charge < -0.3 is 20.5 Å². The van der Waals surface area contributed by atoms with Gasteiger partial charge in [0.25, 0.3) is 0 Å². The minimum Gasteiger partial charge on any atom is -0.489 e. The van der Waals surface area contributed by atoms with Gasteiger partial charge in [0.1, 0.15) is 0 Å². The number of benzene rings is 1. The van der Waals surface area contributed by atoms with Crippen molar-refractivity contribution in [3.05, 3.63) is 22.7 Å². The van der Waals surface area contributed by atoms with Gasteiger partial charge in [0.2, 0.25) is 0 Å². The molecule has 108 valence electrons. The number of nitrogens with two attached hydrogens (primary N) is 1. The number of halogens is 1. The summed E-state index contributed by atoms with van der Waals surface area (Å²) < 4.78 is 11.2. The number of hydrogen-bond donors (Lipinski definition) is 2. The Morgan fingerprint density at radius 1 is 1.35 bits per heavy atom. The maximum atomic E-state index is 6.23. The van der Waals surface area contributed by atoms with Crippen molar-refractivity contribution >= 4 is 17.6 Å². The largest absolute Gasteiger partial charge is 0.489 e. The summed E-state index contributed by atoms with van der Waals surface area (Å²) in [5.74, 6) is 1.80. The second kappa shape index (κ2) is 5.79. The Morgan fingerprint density at radius 3 is 2.95 bits per heavy atom. The topological polar surface area (TPSA) is 68.9 Å². The van der Waals surface area contributed by atoms with Crippen LogP contribution in [0.4, 0.5) is 0 Å². The van der Waals surface area contributed by atoms with Crippen LogP contribution in [0.15, 0.2) is 17.1 Å². The van der Waals surface area contributed by atoms with Crippen LogP contribution in [-0.2, 0) is 6.54 Å². The maximum Gasteiger partial charge on any atom is 0.189 e. The van der Waals surface area contributed by atoms with Gasteiger partial charge in [0.15, 0.2) is 17.5 Å². The molecule has 1 heterocycles. The first-order valence-corrected chi connectivity index (χ1v) is 7.24. The maximum absolute atomic E-state index is 6.23. The second-order valence-electron chi connectivity index (χ2n) is 5.08. The smallest absolute Gasteiger partial charge is 0.189 e. The Balaban J connectivity index is 1.73. The minimum absolute atomic E-state index is 0.474. The van der Waals surface area contributed by atoms with Crippen LogP contribution < -0.4 is 20.5 Å². The monoisotopic (exact) mass is 295 g/mol. The van der Waals surface area contributed by atoms with Crippen LogP contribution in [0.2, 0.25) is 5.02 Å². The molecule has 20 heavy (non-hydrogen) atoms. The first-order chi connectivity index (χ1) is 9.72. The van der Waals surface area contributed by atoms with E-state index in [1.807, 2.05) is 12.1 Å². The fourth-order valence-corrected chi connectivity index (χ4v) is 2.32. The van der Waals surface area contributed by atoms with Crippen molar-refractivity contribution < 1.29 is 9.47 Å². The summed E-state index contributed by atoms with van der Waals surface area (Å²) in [7, 11) is 0. The van der Waals surface area contributed by atoms with E-state index in [4.69, 9.17) is 26.8 Å². The summed E-state index contributed by atoms with van der Waals surface area (Å²) in [6, 6.07) is 4.27. The number of guanidine groups is 1. The molecule has 3 rings (SSSR count). The molecule has 0 radical (unpaired) electrons. The number of fused-ring (bicyclic) bond motifs is 1. The Morgan fingerprint density at radius 2 is 2.15 bits per heavy atom. The molecular formula is C14H18ClN3O2. The van der Waals surface area contributed by atoms with E-state index in [2.05, 4.69) is 10.3 Å². The SMILES string of the molecule is NC(=NCc1cc(Cl)c2c(c1)OCCCO2)NC1CC1. The standard InChI is InChI=1S/C14H18ClN3O2/c15-11-6-9(8-17-14(16)18-10-2-3-10)7-12-13(11)20-5-1-4-19-12/h6-7,10H,1-5,8H2,(H3,16,17,18). The molecule has 1 aliphatic carbocycles. The first-order valence-electron chi connectivity index (χ1n) is 6.87. The summed E-state index contributed by atoms with van der Waals surface area (Å²) >= 11 is 6.23. The van der Waals surface area contributed by atoms with Gasteiger partial charge in [-0.3, -0.25) is 0 Å². The summed E-state index contributed by atoms with van der Waals surface area (Å²) in [4.78, 5) is 4.32. The highest BCUT2D eigenvalue weighted by Crippen LogP contribution is 2.38. The normalized spacial score (nSPS) is 18.6. The van der Waals surface area contributed by atoms with Crippen LogP contribution >= 0.6 is 11.6 Å². The molecule has 0 amide bonds. The van der Waals surface area contributed by atoms with Gasteiger partial charge in [-0.15, -0.1) is 0 Å². The summed E-state index contributed by atoms with van der Waals surface area (Å²) in [6.07, 6.45) is 3.20. The molecule has 1 aromatic carbocycles. The lowest BCUT2D eigenvalue weighted by Crippen LogP contribution is -2.33. The lowest BCUT2D eigenvalue weighted by molar-refractivity contribution is 0.297. The molecule has 5 nitrogen and oxygen atoms in total. The molecule has 0 atom stereocenters. The molecule has 3 N–H and O–H groups in total. The van der Waals surface area contributed by atoms with Crippen molar-refractivity contribution in [2.24, 2.45) is 10.7 Å². The average Bonchev–Trinajstić information content (AvgIpc) is 3.23. The summed E-state index contributed by atoms with van der Waals surface area (Å²) in [5.41, 5.74) is 6.77. The number of ether oxygens (including phenoxy) is 2. The molecule has 0 aromatic heterocycles. The number of aliphatic imine (C=N–C) groups is 1. The fraction of sp³-hybridized carbons (Fsp3) is 0.500. The predicted molar refractivity (Wildman–Crippen MR) is 78.5 cm³/mol. The van der Waals surface area contributed by atoms with Crippen LogP contribution in [0.25, 0.3) is 0 Å². The summed E-state index contributed by atoms with van der Waals surface area (Å²) in [5, 5.41) is 3.71. The predicted octanol–water partition coefficient (Wildman–Crippen LogP) is 2.07. The molecule has 0 saturated heterocycles. The van der Waals surface area contributed by atoms with Gasteiger partial charge in [0.05, 0.1) is 24.8 Å². The van der Waals surface area contributed by atoms with Crippen molar-refractivity contribution in [2.45, 2.75) is 31.8 Å². The Kier molecular flexibility index (Phi) is 3.87. The third kappa shape index (κ3) is 3.28. The van der Waals surface area contributed by atoms with Crippen molar-refractivity contribution in [3.63, 3.8) is 0 Å². The van der Waals surface area contributed by atoms with Crippen LogP contribution in [0, 0.1) is 0 Å². The molecule has 0 spiro atoms. The zero-order valence-electron chi connectivity index (χ0n) is 11.2. The molecule has 1 saturated carbocycles.